The van der Waals surface area contributed by atoms with Crippen molar-refractivity contribution in [2.75, 3.05) is 13.1 Å². The van der Waals surface area contributed by atoms with Crippen LogP contribution in [0.2, 0.25) is 0 Å². The minimum atomic E-state index is -0.0171. The lowest BCUT2D eigenvalue weighted by atomic mass is 9.85. The zero-order chi connectivity index (χ0) is 13.6. The number of benzene rings is 1. The average molecular weight is 245 g/mol. The third-order valence-electron chi connectivity index (χ3n) is 2.77. The second kappa shape index (κ2) is 6.24. The van der Waals surface area contributed by atoms with Gasteiger partial charge in [-0.1, -0.05) is 56.3 Å². The molecule has 0 aromatic heterocycles. The van der Waals surface area contributed by atoms with Gasteiger partial charge in [0, 0.05) is 12.0 Å². The summed E-state index contributed by atoms with van der Waals surface area (Å²) in [6.45, 7) is 11.4. The molecule has 18 heavy (non-hydrogen) atoms. The highest BCUT2D eigenvalue weighted by Gasteiger charge is 2.19. The van der Waals surface area contributed by atoms with Crippen LogP contribution in [0, 0.1) is 0 Å². The van der Waals surface area contributed by atoms with Gasteiger partial charge in [0.25, 0.3) is 0 Å². The highest BCUT2D eigenvalue weighted by Crippen LogP contribution is 2.22. The van der Waals surface area contributed by atoms with Crippen molar-refractivity contribution in [3.05, 3.63) is 48.0 Å². The molecule has 0 aliphatic rings. The maximum absolute atomic E-state index is 5.81. The van der Waals surface area contributed by atoms with Crippen LogP contribution in [-0.4, -0.2) is 19.0 Å². The Bertz CT molecular complexity index is 419. The van der Waals surface area contributed by atoms with Crippen molar-refractivity contribution in [2.24, 2.45) is 10.7 Å². The molecule has 0 amide bonds. The van der Waals surface area contributed by atoms with Crippen molar-refractivity contribution in [1.82, 2.24) is 5.32 Å². The summed E-state index contributed by atoms with van der Waals surface area (Å²) < 4.78 is 0. The Morgan fingerprint density at radius 3 is 2.50 bits per heavy atom. The summed E-state index contributed by atoms with van der Waals surface area (Å²) in [5.74, 6) is 0.474. The van der Waals surface area contributed by atoms with Crippen LogP contribution in [-0.2, 0) is 5.41 Å². The molecule has 3 heteroatoms. The highest BCUT2D eigenvalue weighted by atomic mass is 15.1. The molecule has 0 unspecified atom stereocenters. The van der Waals surface area contributed by atoms with Crippen LogP contribution in [0.4, 0.5) is 0 Å². The van der Waals surface area contributed by atoms with Gasteiger partial charge in [-0.3, -0.25) is 4.99 Å². The number of rotatable bonds is 5. The summed E-state index contributed by atoms with van der Waals surface area (Å²) in [7, 11) is 0. The molecule has 0 spiro atoms. The van der Waals surface area contributed by atoms with Crippen molar-refractivity contribution < 1.29 is 0 Å². The van der Waals surface area contributed by atoms with E-state index in [0.29, 0.717) is 19.0 Å². The van der Waals surface area contributed by atoms with E-state index in [-0.39, 0.29) is 5.41 Å². The summed E-state index contributed by atoms with van der Waals surface area (Å²) in [4.78, 5) is 4.39. The van der Waals surface area contributed by atoms with E-state index in [1.54, 1.807) is 0 Å². The molecular weight excluding hydrogens is 222 g/mol. The number of nitrogens with one attached hydrogen (secondary N) is 1. The van der Waals surface area contributed by atoms with Gasteiger partial charge < -0.3 is 11.1 Å². The van der Waals surface area contributed by atoms with E-state index in [4.69, 9.17) is 5.73 Å². The maximum Gasteiger partial charge on any atom is 0.188 e. The molecule has 3 nitrogen and oxygen atoms in total. The molecule has 98 valence electrons. The zero-order valence-electron chi connectivity index (χ0n) is 11.5. The van der Waals surface area contributed by atoms with Crippen molar-refractivity contribution in [1.29, 1.82) is 0 Å². The number of hydrogen-bond acceptors (Lipinski definition) is 1. The first-order valence-corrected chi connectivity index (χ1v) is 6.15. The molecule has 0 aliphatic heterocycles. The Hall–Kier alpha value is -1.77. The van der Waals surface area contributed by atoms with Gasteiger partial charge in [-0.2, -0.15) is 0 Å². The summed E-state index contributed by atoms with van der Waals surface area (Å²) in [6, 6.07) is 10.3. The van der Waals surface area contributed by atoms with Crippen LogP contribution in [0.25, 0.3) is 0 Å². The Morgan fingerprint density at radius 2 is 1.94 bits per heavy atom. The quantitative estimate of drug-likeness (QED) is 0.475. The van der Waals surface area contributed by atoms with Gasteiger partial charge in [-0.05, 0) is 12.5 Å². The summed E-state index contributed by atoms with van der Waals surface area (Å²) >= 11 is 0. The van der Waals surface area contributed by atoms with Crippen LogP contribution >= 0.6 is 0 Å². The van der Waals surface area contributed by atoms with Crippen LogP contribution in [0.3, 0.4) is 0 Å². The molecule has 0 atom stereocenters. The number of nitrogens with zero attached hydrogens (tertiary/aromatic N) is 1. The van der Waals surface area contributed by atoms with E-state index in [1.807, 2.05) is 25.1 Å². The van der Waals surface area contributed by atoms with Crippen molar-refractivity contribution >= 4 is 5.96 Å². The second-order valence-corrected chi connectivity index (χ2v) is 5.26. The fourth-order valence-electron chi connectivity index (χ4n) is 1.56. The van der Waals surface area contributed by atoms with E-state index in [0.717, 1.165) is 5.57 Å². The topological polar surface area (TPSA) is 50.4 Å². The van der Waals surface area contributed by atoms with E-state index < -0.39 is 0 Å². The second-order valence-electron chi connectivity index (χ2n) is 5.26. The van der Waals surface area contributed by atoms with Gasteiger partial charge in [0.1, 0.15) is 0 Å². The van der Waals surface area contributed by atoms with Gasteiger partial charge in [-0.25, -0.2) is 0 Å². The molecule has 0 radical (unpaired) electrons. The lowest BCUT2D eigenvalue weighted by Crippen LogP contribution is -2.34. The lowest BCUT2D eigenvalue weighted by Gasteiger charge is -2.23. The fraction of sp³-hybridized carbons (Fsp3) is 0.400. The monoisotopic (exact) mass is 245 g/mol. The van der Waals surface area contributed by atoms with E-state index in [1.165, 1.54) is 5.56 Å². The summed E-state index contributed by atoms with van der Waals surface area (Å²) in [6.07, 6.45) is 0. The van der Waals surface area contributed by atoms with Crippen molar-refractivity contribution in [3.8, 4) is 0 Å². The van der Waals surface area contributed by atoms with Gasteiger partial charge in [0.2, 0.25) is 0 Å². The molecule has 0 saturated heterocycles. The number of aliphatic imine (C=N–C) groups is 1. The normalized spacial score (nSPS) is 12.3. The smallest absolute Gasteiger partial charge is 0.188 e. The van der Waals surface area contributed by atoms with Crippen LogP contribution < -0.4 is 11.1 Å². The number of hydrogen-bond donors (Lipinski definition) is 2. The first kappa shape index (κ1) is 14.3. The Balaban J connectivity index is 2.61. The van der Waals surface area contributed by atoms with E-state index in [2.05, 4.69) is 42.9 Å². The molecule has 1 aromatic rings. The zero-order valence-corrected chi connectivity index (χ0v) is 11.5. The molecular formula is C15H23N3. The summed E-state index contributed by atoms with van der Waals surface area (Å²) in [5, 5.41) is 3.03. The first-order valence-electron chi connectivity index (χ1n) is 6.15. The van der Waals surface area contributed by atoms with Crippen LogP contribution in [0.1, 0.15) is 26.3 Å². The Kier molecular flexibility index (Phi) is 4.95. The van der Waals surface area contributed by atoms with E-state index >= 15 is 0 Å². The van der Waals surface area contributed by atoms with Gasteiger partial charge in [0.05, 0.1) is 6.54 Å². The molecule has 0 saturated carbocycles. The average Bonchev–Trinajstić information content (AvgIpc) is 2.35. The van der Waals surface area contributed by atoms with Gasteiger partial charge in [0.15, 0.2) is 5.96 Å². The van der Waals surface area contributed by atoms with Gasteiger partial charge >= 0.3 is 0 Å². The highest BCUT2D eigenvalue weighted by molar-refractivity contribution is 5.78. The third-order valence-corrected chi connectivity index (χ3v) is 2.77. The van der Waals surface area contributed by atoms with Crippen molar-refractivity contribution in [2.45, 2.75) is 26.2 Å². The standard InChI is InChI=1S/C15H23N3/c1-12(2)10-17-14(16)18-11-15(3,4)13-8-6-5-7-9-13/h5-9H,1,10-11H2,2-4H3,(H3,16,17,18). The SMILES string of the molecule is C=C(C)CNC(N)=NCC(C)(C)c1ccccc1. The maximum atomic E-state index is 5.81. The predicted octanol–water partition coefficient (Wildman–Crippen LogP) is 2.44. The minimum Gasteiger partial charge on any atom is -0.370 e. The first-order chi connectivity index (χ1) is 8.42. The largest absolute Gasteiger partial charge is 0.370 e. The Labute approximate surface area is 110 Å². The molecule has 0 bridgehead atoms. The Morgan fingerprint density at radius 1 is 1.33 bits per heavy atom. The van der Waals surface area contributed by atoms with Crippen LogP contribution in [0.5, 0.6) is 0 Å². The number of nitrogens with two attached hydrogens (primary N) is 1. The summed E-state index contributed by atoms with van der Waals surface area (Å²) in [5.41, 5.74) is 8.09. The predicted molar refractivity (Wildman–Crippen MR) is 78.8 cm³/mol. The molecule has 1 aromatic carbocycles. The molecule has 3 N–H and O–H groups in total. The fourth-order valence-corrected chi connectivity index (χ4v) is 1.56. The van der Waals surface area contributed by atoms with Crippen LogP contribution in [0.15, 0.2) is 47.5 Å². The molecule has 0 heterocycles. The molecule has 0 aliphatic carbocycles. The minimum absolute atomic E-state index is 0.0171. The van der Waals surface area contributed by atoms with Crippen molar-refractivity contribution in [3.63, 3.8) is 0 Å². The van der Waals surface area contributed by atoms with E-state index in [9.17, 15) is 0 Å². The third kappa shape index (κ3) is 4.62. The van der Waals surface area contributed by atoms with Gasteiger partial charge in [-0.15, -0.1) is 0 Å². The number of guanidine groups is 1. The molecule has 0 fully saturated rings. The molecule has 1 rings (SSSR count). The lowest BCUT2D eigenvalue weighted by molar-refractivity contribution is 0.539.